The Balaban J connectivity index is 1.97. The molecule has 0 aliphatic carbocycles. The highest BCUT2D eigenvalue weighted by Crippen LogP contribution is 2.20. The van der Waals surface area contributed by atoms with E-state index in [1.807, 2.05) is 0 Å². The number of esters is 1. The van der Waals surface area contributed by atoms with E-state index in [-0.39, 0.29) is 25.0 Å². The number of nitrogens with one attached hydrogen (secondary N) is 1. The number of hydrogen-bond acceptors (Lipinski definition) is 5. The molecule has 1 aliphatic rings. The maximum absolute atomic E-state index is 12.4. The molecule has 7 heteroatoms. The number of nitrogens with zero attached hydrogens (tertiary/aromatic N) is 2. The van der Waals surface area contributed by atoms with Crippen LogP contribution in [0, 0.1) is 0 Å². The molecule has 22 heavy (non-hydrogen) atoms. The fourth-order valence-electron chi connectivity index (χ4n) is 2.43. The van der Waals surface area contributed by atoms with Crippen LogP contribution in [0.15, 0.2) is 24.5 Å². The standard InChI is InChI=1S/C15H19N3O4/c1-2-22-13(19)10-17-14(20)12-6-4-8-18(12)15(21)11-5-3-7-16-9-11/h3,5,7,9,12H,2,4,6,8,10H2,1H3,(H,17,20)/t12-/m0/s1. The predicted molar refractivity (Wildman–Crippen MR) is 77.9 cm³/mol. The zero-order chi connectivity index (χ0) is 15.9. The van der Waals surface area contributed by atoms with Crippen LogP contribution in [-0.2, 0) is 14.3 Å². The summed E-state index contributed by atoms with van der Waals surface area (Å²) >= 11 is 0. The summed E-state index contributed by atoms with van der Waals surface area (Å²) in [5.74, 6) is -1.04. The van der Waals surface area contributed by atoms with Gasteiger partial charge in [-0.25, -0.2) is 0 Å². The summed E-state index contributed by atoms with van der Waals surface area (Å²) in [6.45, 7) is 2.30. The molecule has 1 aliphatic heterocycles. The number of carbonyl (C=O) groups excluding carboxylic acids is 3. The second-order valence-corrected chi connectivity index (χ2v) is 4.92. The van der Waals surface area contributed by atoms with E-state index in [9.17, 15) is 14.4 Å². The van der Waals surface area contributed by atoms with Crippen LogP contribution in [0.25, 0.3) is 0 Å². The average Bonchev–Trinajstić information content (AvgIpc) is 3.02. The lowest BCUT2D eigenvalue weighted by Crippen LogP contribution is -2.47. The maximum Gasteiger partial charge on any atom is 0.325 e. The van der Waals surface area contributed by atoms with E-state index in [2.05, 4.69) is 10.3 Å². The first kappa shape index (κ1) is 15.9. The molecule has 0 spiro atoms. The van der Waals surface area contributed by atoms with E-state index in [1.165, 1.54) is 11.1 Å². The second kappa shape index (κ2) is 7.53. The Morgan fingerprint density at radius 3 is 2.95 bits per heavy atom. The van der Waals surface area contributed by atoms with Crippen molar-refractivity contribution in [2.75, 3.05) is 19.7 Å². The van der Waals surface area contributed by atoms with Gasteiger partial charge in [0.2, 0.25) is 5.91 Å². The molecule has 1 saturated heterocycles. The summed E-state index contributed by atoms with van der Waals surface area (Å²) < 4.78 is 4.76. The van der Waals surface area contributed by atoms with Gasteiger partial charge >= 0.3 is 5.97 Å². The molecule has 7 nitrogen and oxygen atoms in total. The monoisotopic (exact) mass is 305 g/mol. The smallest absolute Gasteiger partial charge is 0.325 e. The third-order valence-electron chi connectivity index (χ3n) is 3.44. The van der Waals surface area contributed by atoms with Crippen molar-refractivity contribution in [2.45, 2.75) is 25.8 Å². The molecule has 0 saturated carbocycles. The fraction of sp³-hybridized carbons (Fsp3) is 0.467. The Labute approximate surface area is 128 Å². The van der Waals surface area contributed by atoms with Gasteiger partial charge in [-0.15, -0.1) is 0 Å². The predicted octanol–water partition coefficient (Wildman–Crippen LogP) is 0.366. The SMILES string of the molecule is CCOC(=O)CNC(=O)[C@@H]1CCCN1C(=O)c1cccnc1. The van der Waals surface area contributed by atoms with Crippen LogP contribution in [-0.4, -0.2) is 53.4 Å². The molecule has 1 fully saturated rings. The van der Waals surface area contributed by atoms with Crippen molar-refractivity contribution in [3.63, 3.8) is 0 Å². The van der Waals surface area contributed by atoms with Gasteiger partial charge in [0.1, 0.15) is 12.6 Å². The lowest BCUT2D eigenvalue weighted by atomic mass is 10.2. The van der Waals surface area contributed by atoms with Crippen LogP contribution in [0.3, 0.4) is 0 Å². The summed E-state index contributed by atoms with van der Waals surface area (Å²) in [5.41, 5.74) is 0.451. The Morgan fingerprint density at radius 1 is 1.45 bits per heavy atom. The Kier molecular flexibility index (Phi) is 5.46. The van der Waals surface area contributed by atoms with Crippen LogP contribution < -0.4 is 5.32 Å². The van der Waals surface area contributed by atoms with Gasteiger partial charge in [0, 0.05) is 18.9 Å². The molecule has 2 heterocycles. The van der Waals surface area contributed by atoms with Gasteiger partial charge in [0.15, 0.2) is 0 Å². The van der Waals surface area contributed by atoms with Crippen molar-refractivity contribution in [2.24, 2.45) is 0 Å². The van der Waals surface area contributed by atoms with E-state index >= 15 is 0 Å². The molecule has 0 aromatic carbocycles. The number of amides is 2. The summed E-state index contributed by atoms with van der Waals surface area (Å²) in [4.78, 5) is 41.3. The molecule has 118 valence electrons. The molecule has 1 atom stereocenters. The van der Waals surface area contributed by atoms with Crippen LogP contribution in [0.5, 0.6) is 0 Å². The van der Waals surface area contributed by atoms with Crippen molar-refractivity contribution in [1.29, 1.82) is 0 Å². The van der Waals surface area contributed by atoms with Gasteiger partial charge in [-0.3, -0.25) is 19.4 Å². The van der Waals surface area contributed by atoms with Crippen molar-refractivity contribution in [1.82, 2.24) is 15.2 Å². The third kappa shape index (κ3) is 3.81. The molecule has 1 N–H and O–H groups in total. The number of carbonyl (C=O) groups is 3. The summed E-state index contributed by atoms with van der Waals surface area (Å²) in [6, 6.07) is 2.79. The number of likely N-dealkylation sites (tertiary alicyclic amines) is 1. The highest BCUT2D eigenvalue weighted by molar-refractivity contribution is 5.98. The normalized spacial score (nSPS) is 17.1. The highest BCUT2D eigenvalue weighted by Gasteiger charge is 2.34. The first-order valence-electron chi connectivity index (χ1n) is 7.27. The van der Waals surface area contributed by atoms with Gasteiger partial charge in [-0.1, -0.05) is 0 Å². The molecular formula is C15H19N3O4. The fourth-order valence-corrected chi connectivity index (χ4v) is 2.43. The molecule has 0 unspecified atom stereocenters. The van der Waals surface area contributed by atoms with Crippen molar-refractivity contribution in [3.05, 3.63) is 30.1 Å². The number of hydrogen-bond donors (Lipinski definition) is 1. The molecule has 0 bridgehead atoms. The number of ether oxygens (including phenoxy) is 1. The van der Waals surface area contributed by atoms with E-state index in [0.29, 0.717) is 18.5 Å². The zero-order valence-corrected chi connectivity index (χ0v) is 12.4. The molecule has 0 radical (unpaired) electrons. The van der Waals surface area contributed by atoms with Gasteiger partial charge in [-0.2, -0.15) is 0 Å². The lowest BCUT2D eigenvalue weighted by molar-refractivity contribution is -0.143. The zero-order valence-electron chi connectivity index (χ0n) is 12.4. The summed E-state index contributed by atoms with van der Waals surface area (Å²) in [7, 11) is 0. The van der Waals surface area contributed by atoms with E-state index < -0.39 is 12.0 Å². The number of rotatable bonds is 5. The number of pyridine rings is 1. The molecule has 2 rings (SSSR count). The van der Waals surface area contributed by atoms with Crippen LogP contribution in [0.1, 0.15) is 30.1 Å². The first-order chi connectivity index (χ1) is 10.6. The molecule has 2 amide bonds. The van der Waals surface area contributed by atoms with Crippen molar-refractivity contribution >= 4 is 17.8 Å². The average molecular weight is 305 g/mol. The molecular weight excluding hydrogens is 286 g/mol. The van der Waals surface area contributed by atoms with E-state index in [4.69, 9.17) is 4.74 Å². The minimum absolute atomic E-state index is 0.182. The Hall–Kier alpha value is -2.44. The highest BCUT2D eigenvalue weighted by atomic mass is 16.5. The summed E-state index contributed by atoms with van der Waals surface area (Å²) in [5, 5.41) is 2.52. The van der Waals surface area contributed by atoms with Gasteiger partial charge in [-0.05, 0) is 31.9 Å². The number of aromatic nitrogens is 1. The van der Waals surface area contributed by atoms with Gasteiger partial charge in [0.05, 0.1) is 12.2 Å². The van der Waals surface area contributed by atoms with Crippen LogP contribution in [0.4, 0.5) is 0 Å². The lowest BCUT2D eigenvalue weighted by Gasteiger charge is -2.23. The van der Waals surface area contributed by atoms with E-state index in [0.717, 1.165) is 6.42 Å². The van der Waals surface area contributed by atoms with Gasteiger partial charge < -0.3 is 15.0 Å². The largest absolute Gasteiger partial charge is 0.465 e. The Bertz CT molecular complexity index is 547. The van der Waals surface area contributed by atoms with E-state index in [1.54, 1.807) is 25.3 Å². The van der Waals surface area contributed by atoms with Crippen LogP contribution >= 0.6 is 0 Å². The van der Waals surface area contributed by atoms with Crippen LogP contribution in [0.2, 0.25) is 0 Å². The molecule has 1 aromatic rings. The quantitative estimate of drug-likeness (QED) is 0.794. The van der Waals surface area contributed by atoms with Crippen molar-refractivity contribution in [3.8, 4) is 0 Å². The Morgan fingerprint density at radius 2 is 2.27 bits per heavy atom. The topological polar surface area (TPSA) is 88.6 Å². The van der Waals surface area contributed by atoms with Gasteiger partial charge in [0.25, 0.3) is 5.91 Å². The molecule has 1 aromatic heterocycles. The third-order valence-corrected chi connectivity index (χ3v) is 3.44. The summed E-state index contributed by atoms with van der Waals surface area (Å²) in [6.07, 6.45) is 4.41. The minimum atomic E-state index is -0.554. The first-order valence-corrected chi connectivity index (χ1v) is 7.27. The maximum atomic E-state index is 12.4. The van der Waals surface area contributed by atoms with Crippen molar-refractivity contribution < 1.29 is 19.1 Å². The minimum Gasteiger partial charge on any atom is -0.465 e. The second-order valence-electron chi connectivity index (χ2n) is 4.92.